The number of hydrogen-bond donors (Lipinski definition) is 2. The molecule has 0 aliphatic heterocycles. The normalized spacial score (nSPS) is 26.7. The minimum absolute atomic E-state index is 0.225. The van der Waals surface area contributed by atoms with E-state index in [1.54, 1.807) is 0 Å². The number of nitrogens with two attached hydrogens (primary N) is 1. The summed E-state index contributed by atoms with van der Waals surface area (Å²) in [5, 5.41) is 4.21. The number of hydrogen-bond acceptors (Lipinski definition) is 3. The van der Waals surface area contributed by atoms with Gasteiger partial charge in [-0.2, -0.15) is 11.8 Å². The molecule has 1 fully saturated rings. The van der Waals surface area contributed by atoms with Crippen LogP contribution in [0.5, 0.6) is 0 Å². The van der Waals surface area contributed by atoms with Gasteiger partial charge in [0.05, 0.1) is 5.41 Å². The van der Waals surface area contributed by atoms with E-state index in [1.165, 1.54) is 25.7 Å². The van der Waals surface area contributed by atoms with Gasteiger partial charge in [0.15, 0.2) is 0 Å². The molecule has 1 saturated carbocycles. The maximum atomic E-state index is 11.2. The molecule has 1 amide bonds. The smallest absolute Gasteiger partial charge is 0.224 e. The predicted octanol–water partition coefficient (Wildman–Crippen LogP) is 1.76. The molecule has 3 N–H and O–H groups in total. The summed E-state index contributed by atoms with van der Waals surface area (Å²) in [6, 6.07) is 0.544. The highest BCUT2D eigenvalue weighted by Crippen LogP contribution is 2.27. The molecule has 2 unspecified atom stereocenters. The molecule has 2 atom stereocenters. The average molecular weight is 244 g/mol. The number of primary amides is 1. The summed E-state index contributed by atoms with van der Waals surface area (Å²) >= 11 is 1.93. The van der Waals surface area contributed by atoms with Crippen molar-refractivity contribution in [2.24, 2.45) is 11.1 Å². The van der Waals surface area contributed by atoms with Crippen LogP contribution in [-0.4, -0.2) is 30.0 Å². The third-order valence-corrected chi connectivity index (χ3v) is 4.65. The highest BCUT2D eigenvalue weighted by atomic mass is 32.2. The second kappa shape index (κ2) is 5.92. The zero-order chi connectivity index (χ0) is 12.2. The zero-order valence-electron chi connectivity index (χ0n) is 10.6. The molecule has 0 heterocycles. The minimum atomic E-state index is -0.444. The van der Waals surface area contributed by atoms with Crippen molar-refractivity contribution >= 4 is 17.7 Å². The van der Waals surface area contributed by atoms with Gasteiger partial charge in [-0.15, -0.1) is 0 Å². The van der Waals surface area contributed by atoms with Crippen LogP contribution >= 0.6 is 11.8 Å². The average Bonchev–Trinajstić information content (AvgIpc) is 2.26. The van der Waals surface area contributed by atoms with Crippen molar-refractivity contribution in [3.8, 4) is 0 Å². The van der Waals surface area contributed by atoms with E-state index in [4.69, 9.17) is 5.73 Å². The van der Waals surface area contributed by atoms with Gasteiger partial charge in [0, 0.05) is 17.8 Å². The number of nitrogens with one attached hydrogen (secondary N) is 1. The Kier molecular flexibility index (Phi) is 5.12. The summed E-state index contributed by atoms with van der Waals surface area (Å²) in [6.07, 6.45) is 7.31. The van der Waals surface area contributed by atoms with Gasteiger partial charge in [0.25, 0.3) is 0 Å². The second-order valence-electron chi connectivity index (χ2n) is 5.29. The summed E-state index contributed by atoms with van der Waals surface area (Å²) < 4.78 is 0. The lowest BCUT2D eigenvalue weighted by Gasteiger charge is -2.33. The molecule has 0 aromatic carbocycles. The van der Waals surface area contributed by atoms with E-state index in [1.807, 2.05) is 25.6 Å². The van der Waals surface area contributed by atoms with Crippen LogP contribution in [-0.2, 0) is 4.79 Å². The van der Waals surface area contributed by atoms with Crippen molar-refractivity contribution in [2.45, 2.75) is 50.8 Å². The highest BCUT2D eigenvalue weighted by molar-refractivity contribution is 7.99. The lowest BCUT2D eigenvalue weighted by molar-refractivity contribution is -0.125. The van der Waals surface area contributed by atoms with Gasteiger partial charge in [0.2, 0.25) is 5.91 Å². The maximum absolute atomic E-state index is 11.2. The van der Waals surface area contributed by atoms with E-state index < -0.39 is 5.41 Å². The molecule has 0 aromatic rings. The monoisotopic (exact) mass is 244 g/mol. The van der Waals surface area contributed by atoms with Crippen LogP contribution in [0, 0.1) is 5.41 Å². The van der Waals surface area contributed by atoms with Crippen LogP contribution in [0.1, 0.15) is 39.5 Å². The SMILES string of the molecule is CSC1CCCCC1NCC(C)(C)C(N)=O. The van der Waals surface area contributed by atoms with Gasteiger partial charge in [-0.3, -0.25) is 4.79 Å². The standard InChI is InChI=1S/C12H24N2OS/c1-12(2,11(13)15)8-14-9-6-4-5-7-10(9)16-3/h9-10,14H,4-8H2,1-3H3,(H2,13,15). The number of carbonyl (C=O) groups excluding carboxylic acids is 1. The molecule has 0 bridgehead atoms. The first-order valence-corrected chi connectivity index (χ1v) is 7.32. The highest BCUT2D eigenvalue weighted by Gasteiger charge is 2.29. The lowest BCUT2D eigenvalue weighted by atomic mass is 9.90. The van der Waals surface area contributed by atoms with Crippen molar-refractivity contribution in [2.75, 3.05) is 12.8 Å². The van der Waals surface area contributed by atoms with Crippen LogP contribution in [0.4, 0.5) is 0 Å². The Balaban J connectivity index is 2.43. The predicted molar refractivity (Wildman–Crippen MR) is 70.5 cm³/mol. The van der Waals surface area contributed by atoms with Crippen molar-refractivity contribution in [1.82, 2.24) is 5.32 Å². The van der Waals surface area contributed by atoms with Crippen LogP contribution in [0.3, 0.4) is 0 Å². The van der Waals surface area contributed by atoms with E-state index in [0.717, 1.165) is 0 Å². The van der Waals surface area contributed by atoms with Gasteiger partial charge >= 0.3 is 0 Å². The number of thioether (sulfide) groups is 1. The van der Waals surface area contributed by atoms with E-state index in [-0.39, 0.29) is 5.91 Å². The van der Waals surface area contributed by atoms with Crippen molar-refractivity contribution in [1.29, 1.82) is 0 Å². The summed E-state index contributed by atoms with van der Waals surface area (Å²) in [5.41, 5.74) is 4.92. The first-order valence-electron chi connectivity index (χ1n) is 6.03. The van der Waals surface area contributed by atoms with Crippen LogP contribution in [0.25, 0.3) is 0 Å². The molecule has 0 spiro atoms. The Labute approximate surface area is 103 Å². The molecule has 0 radical (unpaired) electrons. The summed E-state index contributed by atoms with van der Waals surface area (Å²) in [6.45, 7) is 4.49. The van der Waals surface area contributed by atoms with Gasteiger partial charge in [-0.05, 0) is 32.9 Å². The Bertz CT molecular complexity index is 243. The molecule has 3 nitrogen and oxygen atoms in total. The molecule has 1 aliphatic rings. The second-order valence-corrected chi connectivity index (χ2v) is 6.37. The first-order chi connectivity index (χ1) is 7.47. The van der Waals surface area contributed by atoms with E-state index in [2.05, 4.69) is 11.6 Å². The van der Waals surface area contributed by atoms with E-state index in [9.17, 15) is 4.79 Å². The Morgan fingerprint density at radius 1 is 1.44 bits per heavy atom. The fourth-order valence-electron chi connectivity index (χ4n) is 2.09. The Morgan fingerprint density at radius 3 is 2.62 bits per heavy atom. The summed E-state index contributed by atoms with van der Waals surface area (Å²) in [5.74, 6) is -0.225. The number of carbonyl (C=O) groups is 1. The van der Waals surface area contributed by atoms with Gasteiger partial charge in [-0.25, -0.2) is 0 Å². The third kappa shape index (κ3) is 3.67. The molecule has 94 valence electrons. The van der Waals surface area contributed by atoms with Crippen molar-refractivity contribution < 1.29 is 4.79 Å². The van der Waals surface area contributed by atoms with Crippen LogP contribution in [0.2, 0.25) is 0 Å². The largest absolute Gasteiger partial charge is 0.369 e. The number of rotatable bonds is 5. The Morgan fingerprint density at radius 2 is 2.06 bits per heavy atom. The molecule has 0 saturated heterocycles. The topological polar surface area (TPSA) is 55.1 Å². The fraction of sp³-hybridized carbons (Fsp3) is 0.917. The minimum Gasteiger partial charge on any atom is -0.369 e. The molecule has 0 aromatic heterocycles. The molecule has 1 aliphatic carbocycles. The van der Waals surface area contributed by atoms with Gasteiger partial charge in [0.1, 0.15) is 0 Å². The van der Waals surface area contributed by atoms with Crippen molar-refractivity contribution in [3.05, 3.63) is 0 Å². The summed E-state index contributed by atoms with van der Waals surface area (Å²) in [7, 11) is 0. The van der Waals surface area contributed by atoms with Gasteiger partial charge in [-0.1, -0.05) is 12.8 Å². The van der Waals surface area contributed by atoms with E-state index in [0.29, 0.717) is 17.8 Å². The first kappa shape index (κ1) is 13.8. The van der Waals surface area contributed by atoms with Crippen molar-refractivity contribution in [3.63, 3.8) is 0 Å². The fourth-order valence-corrected chi connectivity index (χ4v) is 3.05. The molecular formula is C12H24N2OS. The third-order valence-electron chi connectivity index (χ3n) is 3.48. The quantitative estimate of drug-likeness (QED) is 0.775. The van der Waals surface area contributed by atoms with Gasteiger partial charge < -0.3 is 11.1 Å². The lowest BCUT2D eigenvalue weighted by Crippen LogP contribution is -2.48. The maximum Gasteiger partial charge on any atom is 0.224 e. The molecular weight excluding hydrogens is 220 g/mol. The Hall–Kier alpha value is -0.220. The molecule has 4 heteroatoms. The summed E-state index contributed by atoms with van der Waals surface area (Å²) in [4.78, 5) is 11.2. The van der Waals surface area contributed by atoms with Crippen LogP contribution < -0.4 is 11.1 Å². The molecule has 16 heavy (non-hydrogen) atoms. The van der Waals surface area contributed by atoms with E-state index >= 15 is 0 Å². The zero-order valence-corrected chi connectivity index (χ0v) is 11.4. The number of amides is 1. The molecule has 1 rings (SSSR count). The van der Waals surface area contributed by atoms with Crippen LogP contribution in [0.15, 0.2) is 0 Å².